The summed E-state index contributed by atoms with van der Waals surface area (Å²) in [6, 6.07) is 12.7. The molecule has 0 aromatic heterocycles. The van der Waals surface area contributed by atoms with Crippen LogP contribution in [-0.4, -0.2) is 11.8 Å². The van der Waals surface area contributed by atoms with E-state index in [0.29, 0.717) is 16.4 Å². The fraction of sp³-hybridized carbons (Fsp3) is 0.176. The van der Waals surface area contributed by atoms with Crippen LogP contribution in [0, 0.1) is 6.92 Å². The summed E-state index contributed by atoms with van der Waals surface area (Å²) in [5, 5.41) is 6.26. The number of para-hydroxylation sites is 1. The van der Waals surface area contributed by atoms with E-state index in [0.717, 1.165) is 11.1 Å². The zero-order chi connectivity index (χ0) is 15.7. The summed E-state index contributed by atoms with van der Waals surface area (Å²) >= 11 is 6.07. The lowest BCUT2D eigenvalue weighted by atomic mass is 9.89. The van der Waals surface area contributed by atoms with E-state index in [4.69, 9.17) is 11.6 Å². The standard InChI is InChI=1S/C17H15ClN2O2/c1-10-13(18)6-4-8-14(10)20-17(22)12-9-16(21)19-15-7-3-2-5-11(12)15/h2-8,12H,9H2,1H3,(H,19,21)(H,20,22). The Bertz CT molecular complexity index is 758. The number of hydrogen-bond donors (Lipinski definition) is 2. The maximum atomic E-state index is 12.6. The van der Waals surface area contributed by atoms with Gasteiger partial charge in [0.25, 0.3) is 0 Å². The average Bonchev–Trinajstić information content (AvgIpc) is 2.51. The largest absolute Gasteiger partial charge is 0.326 e. The number of nitrogens with one attached hydrogen (secondary N) is 2. The lowest BCUT2D eigenvalue weighted by Gasteiger charge is -2.25. The number of carbonyl (C=O) groups is 2. The molecule has 0 saturated carbocycles. The Hall–Kier alpha value is -2.33. The van der Waals surface area contributed by atoms with Crippen LogP contribution < -0.4 is 10.6 Å². The van der Waals surface area contributed by atoms with Gasteiger partial charge in [-0.3, -0.25) is 9.59 Å². The van der Waals surface area contributed by atoms with E-state index in [1.165, 1.54) is 0 Å². The van der Waals surface area contributed by atoms with Crippen molar-refractivity contribution in [2.24, 2.45) is 0 Å². The number of rotatable bonds is 2. The molecule has 5 heteroatoms. The lowest BCUT2D eigenvalue weighted by molar-refractivity contribution is -0.123. The second-order valence-electron chi connectivity index (χ2n) is 5.29. The molecule has 0 spiro atoms. The normalized spacial score (nSPS) is 16.6. The van der Waals surface area contributed by atoms with Crippen LogP contribution in [0.5, 0.6) is 0 Å². The molecule has 1 heterocycles. The summed E-state index contributed by atoms with van der Waals surface area (Å²) in [5.74, 6) is -0.849. The molecule has 0 fully saturated rings. The molecule has 1 unspecified atom stereocenters. The van der Waals surface area contributed by atoms with Gasteiger partial charge in [0, 0.05) is 22.8 Å². The first-order valence-corrected chi connectivity index (χ1v) is 7.39. The third-order valence-electron chi connectivity index (χ3n) is 3.84. The van der Waals surface area contributed by atoms with Crippen molar-refractivity contribution in [1.29, 1.82) is 0 Å². The molecule has 0 aliphatic carbocycles. The fourth-order valence-corrected chi connectivity index (χ4v) is 2.78. The summed E-state index contributed by atoms with van der Waals surface area (Å²) < 4.78 is 0. The number of halogens is 1. The summed E-state index contributed by atoms with van der Waals surface area (Å²) in [6.07, 6.45) is 0.141. The van der Waals surface area contributed by atoms with Crippen molar-refractivity contribution in [3.8, 4) is 0 Å². The van der Waals surface area contributed by atoms with Crippen LogP contribution in [-0.2, 0) is 9.59 Å². The average molecular weight is 315 g/mol. The highest BCUT2D eigenvalue weighted by molar-refractivity contribution is 6.31. The predicted molar refractivity (Wildman–Crippen MR) is 87.2 cm³/mol. The molecular formula is C17H15ClN2O2. The molecule has 4 nitrogen and oxygen atoms in total. The highest BCUT2D eigenvalue weighted by Crippen LogP contribution is 2.33. The Morgan fingerprint density at radius 3 is 2.82 bits per heavy atom. The van der Waals surface area contributed by atoms with E-state index in [1.807, 2.05) is 25.1 Å². The molecule has 1 aliphatic rings. The van der Waals surface area contributed by atoms with Gasteiger partial charge < -0.3 is 10.6 Å². The van der Waals surface area contributed by atoms with Crippen LogP contribution in [0.25, 0.3) is 0 Å². The van der Waals surface area contributed by atoms with Gasteiger partial charge in [0.1, 0.15) is 0 Å². The molecule has 112 valence electrons. The van der Waals surface area contributed by atoms with Crippen molar-refractivity contribution in [3.05, 3.63) is 58.6 Å². The molecular weight excluding hydrogens is 300 g/mol. The molecule has 3 rings (SSSR count). The molecule has 2 aromatic rings. The van der Waals surface area contributed by atoms with Crippen molar-refractivity contribution >= 4 is 34.8 Å². The van der Waals surface area contributed by atoms with Gasteiger partial charge in [0.15, 0.2) is 0 Å². The van der Waals surface area contributed by atoms with Crippen molar-refractivity contribution < 1.29 is 9.59 Å². The van der Waals surface area contributed by atoms with Crippen molar-refractivity contribution in [2.45, 2.75) is 19.3 Å². The van der Waals surface area contributed by atoms with Crippen LogP contribution in [0.1, 0.15) is 23.5 Å². The van der Waals surface area contributed by atoms with Crippen LogP contribution in [0.3, 0.4) is 0 Å². The summed E-state index contributed by atoms with van der Waals surface area (Å²) in [7, 11) is 0. The van der Waals surface area contributed by atoms with Gasteiger partial charge in [-0.25, -0.2) is 0 Å². The Kier molecular flexibility index (Phi) is 3.86. The van der Waals surface area contributed by atoms with Crippen LogP contribution in [0.4, 0.5) is 11.4 Å². The maximum absolute atomic E-state index is 12.6. The first-order valence-electron chi connectivity index (χ1n) is 7.01. The minimum absolute atomic E-state index is 0.141. The van der Waals surface area contributed by atoms with E-state index in [2.05, 4.69) is 10.6 Å². The number of benzene rings is 2. The molecule has 2 aromatic carbocycles. The van der Waals surface area contributed by atoms with Gasteiger partial charge >= 0.3 is 0 Å². The number of hydrogen-bond acceptors (Lipinski definition) is 2. The fourth-order valence-electron chi connectivity index (χ4n) is 2.61. The summed E-state index contributed by atoms with van der Waals surface area (Å²) in [4.78, 5) is 24.4. The van der Waals surface area contributed by atoms with Gasteiger partial charge in [0.05, 0.1) is 5.92 Å². The Morgan fingerprint density at radius 1 is 1.23 bits per heavy atom. The van der Waals surface area contributed by atoms with E-state index in [-0.39, 0.29) is 18.2 Å². The smallest absolute Gasteiger partial charge is 0.232 e. The quantitative estimate of drug-likeness (QED) is 0.887. The Morgan fingerprint density at radius 2 is 2.00 bits per heavy atom. The Balaban J connectivity index is 1.89. The molecule has 1 aliphatic heterocycles. The van der Waals surface area contributed by atoms with Gasteiger partial charge in [0.2, 0.25) is 11.8 Å². The number of amides is 2. The minimum atomic E-state index is -0.497. The second-order valence-corrected chi connectivity index (χ2v) is 5.70. The first kappa shape index (κ1) is 14.6. The molecule has 0 radical (unpaired) electrons. The molecule has 2 amide bonds. The zero-order valence-corrected chi connectivity index (χ0v) is 12.8. The third kappa shape index (κ3) is 2.70. The van der Waals surface area contributed by atoms with Gasteiger partial charge in [-0.15, -0.1) is 0 Å². The van der Waals surface area contributed by atoms with E-state index in [1.54, 1.807) is 24.3 Å². The highest BCUT2D eigenvalue weighted by Gasteiger charge is 2.30. The van der Waals surface area contributed by atoms with Crippen LogP contribution >= 0.6 is 11.6 Å². The van der Waals surface area contributed by atoms with Gasteiger partial charge in [-0.05, 0) is 36.2 Å². The Labute approximate surface area is 133 Å². The van der Waals surface area contributed by atoms with E-state index >= 15 is 0 Å². The second kappa shape index (κ2) is 5.81. The molecule has 0 saturated heterocycles. The summed E-state index contributed by atoms with van der Waals surface area (Å²) in [6.45, 7) is 1.85. The highest BCUT2D eigenvalue weighted by atomic mass is 35.5. The lowest BCUT2D eigenvalue weighted by Crippen LogP contribution is -2.30. The maximum Gasteiger partial charge on any atom is 0.232 e. The van der Waals surface area contributed by atoms with Crippen LogP contribution in [0.2, 0.25) is 5.02 Å². The van der Waals surface area contributed by atoms with E-state index in [9.17, 15) is 9.59 Å². The van der Waals surface area contributed by atoms with Gasteiger partial charge in [-0.2, -0.15) is 0 Å². The van der Waals surface area contributed by atoms with Crippen molar-refractivity contribution in [2.75, 3.05) is 10.6 Å². The molecule has 22 heavy (non-hydrogen) atoms. The molecule has 0 bridgehead atoms. The number of carbonyl (C=O) groups excluding carboxylic acids is 2. The van der Waals surface area contributed by atoms with Crippen molar-refractivity contribution in [1.82, 2.24) is 0 Å². The van der Waals surface area contributed by atoms with Crippen LogP contribution in [0.15, 0.2) is 42.5 Å². The van der Waals surface area contributed by atoms with E-state index < -0.39 is 5.92 Å². The molecule has 1 atom stereocenters. The minimum Gasteiger partial charge on any atom is -0.326 e. The third-order valence-corrected chi connectivity index (χ3v) is 4.25. The first-order chi connectivity index (χ1) is 10.6. The zero-order valence-electron chi connectivity index (χ0n) is 12.0. The van der Waals surface area contributed by atoms with Gasteiger partial charge in [-0.1, -0.05) is 35.9 Å². The predicted octanol–water partition coefficient (Wildman–Crippen LogP) is 3.71. The monoisotopic (exact) mass is 314 g/mol. The number of anilines is 2. The van der Waals surface area contributed by atoms with Crippen molar-refractivity contribution in [3.63, 3.8) is 0 Å². The SMILES string of the molecule is Cc1c(Cl)cccc1NC(=O)C1CC(=O)Nc2ccccc21. The summed E-state index contributed by atoms with van der Waals surface area (Å²) in [5.41, 5.74) is 3.01. The molecule has 2 N–H and O–H groups in total. The topological polar surface area (TPSA) is 58.2 Å². The number of fused-ring (bicyclic) bond motifs is 1.